The first kappa shape index (κ1) is 13.5. The van der Waals surface area contributed by atoms with E-state index in [1.807, 2.05) is 28.8 Å². The van der Waals surface area contributed by atoms with Gasteiger partial charge < -0.3 is 15.0 Å². The van der Waals surface area contributed by atoms with Gasteiger partial charge in [0.2, 0.25) is 0 Å². The van der Waals surface area contributed by atoms with Crippen LogP contribution in [0, 0.1) is 0 Å². The lowest BCUT2D eigenvalue weighted by Crippen LogP contribution is -2.08. The third-order valence-electron chi connectivity index (χ3n) is 3.77. The van der Waals surface area contributed by atoms with Crippen molar-refractivity contribution in [3.63, 3.8) is 0 Å². The molecular weight excluding hydrogens is 290 g/mol. The Kier molecular flexibility index (Phi) is 3.27. The molecule has 23 heavy (non-hydrogen) atoms. The van der Waals surface area contributed by atoms with Crippen LogP contribution in [-0.4, -0.2) is 26.1 Å². The lowest BCUT2D eigenvalue weighted by molar-refractivity contribution is 0.303. The molecule has 2 N–H and O–H groups in total. The number of anilines is 1. The van der Waals surface area contributed by atoms with Crippen molar-refractivity contribution < 1.29 is 4.74 Å². The summed E-state index contributed by atoms with van der Waals surface area (Å²) < 4.78 is 7.86. The molecule has 0 fully saturated rings. The maximum atomic E-state index is 5.95. The molecule has 0 atom stereocenters. The minimum Gasteiger partial charge on any atom is -0.491 e. The number of imidazole rings is 1. The van der Waals surface area contributed by atoms with Gasteiger partial charge in [0.05, 0.1) is 12.9 Å². The topological polar surface area (TPSA) is 78.9 Å². The van der Waals surface area contributed by atoms with Crippen LogP contribution in [0.2, 0.25) is 0 Å². The average Bonchev–Trinajstić information content (AvgIpc) is 3.00. The quantitative estimate of drug-likeness (QED) is 0.627. The molecule has 6 heteroatoms. The van der Waals surface area contributed by atoms with E-state index in [1.165, 1.54) is 11.7 Å². The molecule has 0 radical (unpaired) electrons. The molecule has 0 amide bonds. The molecule has 0 aliphatic rings. The summed E-state index contributed by atoms with van der Waals surface area (Å²) in [7, 11) is 0. The summed E-state index contributed by atoms with van der Waals surface area (Å²) in [5.41, 5.74) is 7.14. The summed E-state index contributed by atoms with van der Waals surface area (Å²) in [5, 5.41) is 2.27. The molecule has 2 heterocycles. The fourth-order valence-electron chi connectivity index (χ4n) is 2.64. The van der Waals surface area contributed by atoms with Crippen molar-refractivity contribution in [3.05, 3.63) is 55.1 Å². The predicted molar refractivity (Wildman–Crippen MR) is 89.2 cm³/mol. The van der Waals surface area contributed by atoms with Gasteiger partial charge in [-0.25, -0.2) is 15.0 Å². The maximum absolute atomic E-state index is 5.95. The molecule has 4 aromatic rings. The molecule has 114 valence electrons. The Morgan fingerprint density at radius 3 is 2.83 bits per heavy atom. The number of nitrogens with two attached hydrogens (primary N) is 1. The van der Waals surface area contributed by atoms with Crippen LogP contribution >= 0.6 is 0 Å². The van der Waals surface area contributed by atoms with Gasteiger partial charge in [0.1, 0.15) is 24.2 Å². The summed E-state index contributed by atoms with van der Waals surface area (Å²) in [6.45, 7) is 1.15. The van der Waals surface area contributed by atoms with E-state index < -0.39 is 0 Å². The molecule has 0 bridgehead atoms. The van der Waals surface area contributed by atoms with Gasteiger partial charge in [-0.3, -0.25) is 0 Å². The van der Waals surface area contributed by atoms with E-state index in [1.54, 1.807) is 6.33 Å². The smallest absolute Gasteiger partial charge is 0.165 e. The zero-order valence-electron chi connectivity index (χ0n) is 12.4. The zero-order chi connectivity index (χ0) is 15.6. The second-order valence-corrected chi connectivity index (χ2v) is 5.19. The Hall–Kier alpha value is -3.15. The largest absolute Gasteiger partial charge is 0.491 e. The number of ether oxygens (including phenoxy) is 1. The number of benzene rings is 2. The number of nitrogen functional groups attached to an aromatic ring is 1. The highest BCUT2D eigenvalue weighted by molar-refractivity contribution is 5.88. The summed E-state index contributed by atoms with van der Waals surface area (Å²) in [4.78, 5) is 12.4. The number of nitrogens with zero attached hydrogens (tertiary/aromatic N) is 4. The van der Waals surface area contributed by atoms with E-state index in [4.69, 9.17) is 10.5 Å². The van der Waals surface area contributed by atoms with Crippen LogP contribution in [0.1, 0.15) is 0 Å². The Balaban J connectivity index is 1.54. The zero-order valence-corrected chi connectivity index (χ0v) is 12.4. The molecule has 0 unspecified atom stereocenters. The van der Waals surface area contributed by atoms with Gasteiger partial charge in [0.15, 0.2) is 11.5 Å². The Morgan fingerprint density at radius 1 is 1.00 bits per heavy atom. The third-order valence-corrected chi connectivity index (χ3v) is 3.77. The van der Waals surface area contributed by atoms with E-state index in [0.29, 0.717) is 24.5 Å². The van der Waals surface area contributed by atoms with Gasteiger partial charge in [-0.1, -0.05) is 36.4 Å². The van der Waals surface area contributed by atoms with Crippen molar-refractivity contribution in [2.45, 2.75) is 6.54 Å². The Bertz CT molecular complexity index is 974. The van der Waals surface area contributed by atoms with Crippen molar-refractivity contribution in [1.29, 1.82) is 0 Å². The van der Waals surface area contributed by atoms with Gasteiger partial charge in [-0.2, -0.15) is 0 Å². The van der Waals surface area contributed by atoms with Gasteiger partial charge in [0, 0.05) is 5.39 Å². The van der Waals surface area contributed by atoms with E-state index in [2.05, 4.69) is 33.2 Å². The molecular formula is C17H15N5O. The highest BCUT2D eigenvalue weighted by Gasteiger charge is 2.08. The van der Waals surface area contributed by atoms with Crippen LogP contribution in [0.5, 0.6) is 5.75 Å². The van der Waals surface area contributed by atoms with E-state index in [0.717, 1.165) is 16.8 Å². The standard InChI is InChI=1S/C17H15N5O/c18-16-15-17(20-10-19-16)22(11-21-15)8-9-23-14-7-3-5-12-4-1-2-6-13(12)14/h1-7,10-11H,8-9H2,(H2,18,19,20). The lowest BCUT2D eigenvalue weighted by Gasteiger charge is -2.10. The van der Waals surface area contributed by atoms with Crippen molar-refractivity contribution in [3.8, 4) is 5.75 Å². The minimum absolute atomic E-state index is 0.392. The summed E-state index contributed by atoms with van der Waals surface area (Å²) in [5.74, 6) is 1.27. The molecule has 0 aliphatic heterocycles. The van der Waals surface area contributed by atoms with E-state index in [-0.39, 0.29) is 0 Å². The molecule has 0 saturated heterocycles. The minimum atomic E-state index is 0.392. The average molecular weight is 305 g/mol. The number of hydrogen-bond donors (Lipinski definition) is 1. The normalized spacial score (nSPS) is 11.1. The highest BCUT2D eigenvalue weighted by Crippen LogP contribution is 2.25. The van der Waals surface area contributed by atoms with Crippen LogP contribution in [0.4, 0.5) is 5.82 Å². The molecule has 6 nitrogen and oxygen atoms in total. The molecule has 0 aliphatic carbocycles. The molecule has 0 spiro atoms. The molecule has 2 aromatic carbocycles. The van der Waals surface area contributed by atoms with Crippen molar-refractivity contribution in [2.75, 3.05) is 12.3 Å². The Morgan fingerprint density at radius 2 is 1.87 bits per heavy atom. The van der Waals surface area contributed by atoms with Crippen LogP contribution in [0.15, 0.2) is 55.1 Å². The fourth-order valence-corrected chi connectivity index (χ4v) is 2.64. The third kappa shape index (κ3) is 2.44. The van der Waals surface area contributed by atoms with Crippen molar-refractivity contribution >= 4 is 27.8 Å². The van der Waals surface area contributed by atoms with Crippen LogP contribution in [0.25, 0.3) is 21.9 Å². The van der Waals surface area contributed by atoms with Crippen molar-refractivity contribution in [1.82, 2.24) is 19.5 Å². The first-order valence-electron chi connectivity index (χ1n) is 7.35. The fraction of sp³-hybridized carbons (Fsp3) is 0.118. The Labute approximate surface area is 132 Å². The lowest BCUT2D eigenvalue weighted by atomic mass is 10.1. The SMILES string of the molecule is Nc1ncnc2c1ncn2CCOc1cccc2ccccc12. The second kappa shape index (κ2) is 5.57. The van der Waals surface area contributed by atoms with Crippen LogP contribution < -0.4 is 10.5 Å². The summed E-state index contributed by atoms with van der Waals surface area (Å²) in [6, 6.07) is 14.2. The maximum Gasteiger partial charge on any atom is 0.165 e. The molecule has 2 aromatic heterocycles. The van der Waals surface area contributed by atoms with Gasteiger partial charge in [-0.05, 0) is 11.5 Å². The summed E-state index contributed by atoms with van der Waals surface area (Å²) >= 11 is 0. The van der Waals surface area contributed by atoms with E-state index in [9.17, 15) is 0 Å². The predicted octanol–water partition coefficient (Wildman–Crippen LogP) is 2.64. The van der Waals surface area contributed by atoms with Crippen molar-refractivity contribution in [2.24, 2.45) is 0 Å². The molecule has 0 saturated carbocycles. The number of fused-ring (bicyclic) bond motifs is 2. The van der Waals surface area contributed by atoms with E-state index >= 15 is 0 Å². The second-order valence-electron chi connectivity index (χ2n) is 5.19. The van der Waals surface area contributed by atoms with Gasteiger partial charge in [0.25, 0.3) is 0 Å². The number of aromatic nitrogens is 4. The highest BCUT2D eigenvalue weighted by atomic mass is 16.5. The number of hydrogen-bond acceptors (Lipinski definition) is 5. The summed E-state index contributed by atoms with van der Waals surface area (Å²) in [6.07, 6.45) is 3.16. The van der Waals surface area contributed by atoms with Gasteiger partial charge >= 0.3 is 0 Å². The first-order chi connectivity index (χ1) is 11.3. The first-order valence-corrected chi connectivity index (χ1v) is 7.35. The van der Waals surface area contributed by atoms with Crippen LogP contribution in [0.3, 0.4) is 0 Å². The van der Waals surface area contributed by atoms with Crippen LogP contribution in [-0.2, 0) is 6.54 Å². The molecule has 4 rings (SSSR count). The number of rotatable bonds is 4. The van der Waals surface area contributed by atoms with Gasteiger partial charge in [-0.15, -0.1) is 0 Å². The monoisotopic (exact) mass is 305 g/mol.